The number of amides is 1. The lowest BCUT2D eigenvalue weighted by atomic mass is 10.1. The number of aryl methyl sites for hydroxylation is 1. The van der Waals surface area contributed by atoms with Crippen LogP contribution in [0.25, 0.3) is 22.6 Å². The second kappa shape index (κ2) is 5.37. The molecule has 0 aliphatic carbocycles. The highest BCUT2D eigenvalue weighted by molar-refractivity contribution is 6.06. The highest BCUT2D eigenvalue weighted by atomic mass is 16.6. The van der Waals surface area contributed by atoms with Gasteiger partial charge < -0.3 is 8.94 Å². The number of hydroxylamine groups is 1. The van der Waals surface area contributed by atoms with Crippen molar-refractivity contribution in [1.82, 2.24) is 15.6 Å². The van der Waals surface area contributed by atoms with Crippen LogP contribution in [0.1, 0.15) is 23.0 Å². The number of pyridine rings is 1. The number of hydrogen-bond donors (Lipinski definition) is 1. The van der Waals surface area contributed by atoms with Crippen molar-refractivity contribution in [1.29, 1.82) is 0 Å². The summed E-state index contributed by atoms with van der Waals surface area (Å²) < 4.78 is 10.5. The summed E-state index contributed by atoms with van der Waals surface area (Å²) in [7, 11) is 0. The van der Waals surface area contributed by atoms with Crippen LogP contribution < -0.4 is 5.48 Å². The molecule has 0 unspecified atom stereocenters. The smallest absolute Gasteiger partial charge is 0.275 e. The van der Waals surface area contributed by atoms with E-state index in [0.29, 0.717) is 34.7 Å². The van der Waals surface area contributed by atoms with Crippen LogP contribution in [0.2, 0.25) is 0 Å². The van der Waals surface area contributed by atoms with Gasteiger partial charge in [0.1, 0.15) is 5.69 Å². The van der Waals surface area contributed by atoms with Gasteiger partial charge in [0, 0.05) is 0 Å². The summed E-state index contributed by atoms with van der Waals surface area (Å²) in [5, 5.41) is 4.41. The van der Waals surface area contributed by atoms with Crippen LogP contribution >= 0.6 is 0 Å². The number of hydrogen-bond acceptors (Lipinski definition) is 6. The third-order valence-electron chi connectivity index (χ3n) is 2.94. The maximum atomic E-state index is 12.2. The largest absolute Gasteiger partial charge is 0.463 e. The molecule has 0 saturated carbocycles. The number of carbonyl (C=O) groups excluding carboxylic acids is 1. The lowest BCUT2D eigenvalue weighted by Crippen LogP contribution is -2.24. The third-order valence-corrected chi connectivity index (χ3v) is 2.94. The van der Waals surface area contributed by atoms with E-state index in [4.69, 9.17) is 13.8 Å². The SMILES string of the molecule is CCONC(=O)c1cc(-c2ccco2)nc2onc(C)c12. The fourth-order valence-corrected chi connectivity index (χ4v) is 2.02. The van der Waals surface area contributed by atoms with Crippen molar-refractivity contribution in [3.8, 4) is 11.5 Å². The summed E-state index contributed by atoms with van der Waals surface area (Å²) in [5.41, 5.74) is 4.10. The number of furan rings is 1. The Morgan fingerprint density at radius 2 is 2.33 bits per heavy atom. The average Bonchev–Trinajstić information content (AvgIpc) is 3.14. The van der Waals surface area contributed by atoms with Crippen LogP contribution in [0.4, 0.5) is 0 Å². The van der Waals surface area contributed by atoms with E-state index in [1.165, 1.54) is 6.26 Å². The first-order chi connectivity index (χ1) is 10.2. The molecule has 0 fully saturated rings. The normalized spacial score (nSPS) is 11.0. The molecule has 3 heterocycles. The fourth-order valence-electron chi connectivity index (χ4n) is 2.02. The Morgan fingerprint density at radius 3 is 3.05 bits per heavy atom. The van der Waals surface area contributed by atoms with Crippen molar-refractivity contribution >= 4 is 17.0 Å². The van der Waals surface area contributed by atoms with Crippen molar-refractivity contribution in [2.24, 2.45) is 0 Å². The van der Waals surface area contributed by atoms with Crippen molar-refractivity contribution in [3.63, 3.8) is 0 Å². The maximum Gasteiger partial charge on any atom is 0.275 e. The molecule has 0 aliphatic heterocycles. The Kier molecular flexibility index (Phi) is 3.41. The summed E-state index contributed by atoms with van der Waals surface area (Å²) in [6.07, 6.45) is 1.53. The summed E-state index contributed by atoms with van der Waals surface area (Å²) in [6.45, 7) is 3.90. The zero-order valence-electron chi connectivity index (χ0n) is 11.5. The van der Waals surface area contributed by atoms with Gasteiger partial charge in [-0.1, -0.05) is 5.16 Å². The fraction of sp³-hybridized carbons (Fsp3) is 0.214. The van der Waals surface area contributed by atoms with E-state index in [-0.39, 0.29) is 11.6 Å². The minimum atomic E-state index is -0.386. The van der Waals surface area contributed by atoms with Gasteiger partial charge in [-0.2, -0.15) is 0 Å². The van der Waals surface area contributed by atoms with Gasteiger partial charge in [0.05, 0.1) is 29.5 Å². The van der Waals surface area contributed by atoms with Crippen LogP contribution in [0.15, 0.2) is 33.4 Å². The van der Waals surface area contributed by atoms with Gasteiger partial charge in [0.15, 0.2) is 5.76 Å². The maximum absolute atomic E-state index is 12.2. The Balaban J connectivity index is 2.15. The second-order valence-corrected chi connectivity index (χ2v) is 4.34. The molecule has 0 spiro atoms. The van der Waals surface area contributed by atoms with Crippen molar-refractivity contribution in [3.05, 3.63) is 35.7 Å². The number of rotatable bonds is 4. The van der Waals surface area contributed by atoms with Gasteiger partial charge in [0.2, 0.25) is 0 Å². The molecule has 0 aliphatic rings. The first-order valence-corrected chi connectivity index (χ1v) is 6.43. The number of carbonyl (C=O) groups is 1. The number of fused-ring (bicyclic) bond motifs is 1. The molecule has 1 amide bonds. The number of nitrogens with zero attached hydrogens (tertiary/aromatic N) is 2. The van der Waals surface area contributed by atoms with Gasteiger partial charge in [-0.15, -0.1) is 0 Å². The Morgan fingerprint density at radius 1 is 1.48 bits per heavy atom. The summed E-state index contributed by atoms with van der Waals surface area (Å²) >= 11 is 0. The van der Waals surface area contributed by atoms with Crippen LogP contribution in [0.5, 0.6) is 0 Å². The minimum Gasteiger partial charge on any atom is -0.463 e. The van der Waals surface area contributed by atoms with E-state index >= 15 is 0 Å². The molecule has 108 valence electrons. The molecule has 1 N–H and O–H groups in total. The van der Waals surface area contributed by atoms with E-state index in [0.717, 1.165) is 0 Å². The topological polar surface area (TPSA) is 90.4 Å². The molecule has 21 heavy (non-hydrogen) atoms. The molecule has 3 rings (SSSR count). The molecule has 0 atom stereocenters. The molecular formula is C14H13N3O4. The van der Waals surface area contributed by atoms with E-state index in [9.17, 15) is 4.79 Å². The van der Waals surface area contributed by atoms with Crippen LogP contribution in [-0.4, -0.2) is 22.7 Å². The van der Waals surface area contributed by atoms with Crippen LogP contribution in [0.3, 0.4) is 0 Å². The first-order valence-electron chi connectivity index (χ1n) is 6.43. The zero-order valence-corrected chi connectivity index (χ0v) is 11.5. The number of aromatic nitrogens is 2. The number of nitrogens with one attached hydrogen (secondary N) is 1. The minimum absolute atomic E-state index is 0.281. The van der Waals surface area contributed by atoms with E-state index < -0.39 is 0 Å². The predicted molar refractivity (Wildman–Crippen MR) is 73.3 cm³/mol. The molecule has 0 aromatic carbocycles. The molecule has 3 aromatic heterocycles. The lowest BCUT2D eigenvalue weighted by molar-refractivity contribution is 0.0366. The molecule has 7 nitrogen and oxygen atoms in total. The molecule has 7 heteroatoms. The van der Waals surface area contributed by atoms with E-state index in [2.05, 4.69) is 15.6 Å². The molecule has 3 aromatic rings. The van der Waals surface area contributed by atoms with E-state index in [1.807, 2.05) is 0 Å². The molecular weight excluding hydrogens is 274 g/mol. The highest BCUT2D eigenvalue weighted by Gasteiger charge is 2.20. The van der Waals surface area contributed by atoms with Crippen molar-refractivity contribution < 1.29 is 18.6 Å². The lowest BCUT2D eigenvalue weighted by Gasteiger charge is -2.06. The second-order valence-electron chi connectivity index (χ2n) is 4.34. The van der Waals surface area contributed by atoms with Gasteiger partial charge >= 0.3 is 0 Å². The van der Waals surface area contributed by atoms with Crippen LogP contribution in [0, 0.1) is 6.92 Å². The monoisotopic (exact) mass is 287 g/mol. The molecule has 0 saturated heterocycles. The van der Waals surface area contributed by atoms with Gasteiger partial charge in [-0.05, 0) is 32.0 Å². The van der Waals surface area contributed by atoms with Crippen LogP contribution in [-0.2, 0) is 4.84 Å². The Hall–Kier alpha value is -2.67. The first kappa shape index (κ1) is 13.3. The Labute approximate surface area is 119 Å². The quantitative estimate of drug-likeness (QED) is 0.741. The molecule has 0 bridgehead atoms. The zero-order chi connectivity index (χ0) is 14.8. The van der Waals surface area contributed by atoms with Gasteiger partial charge in [0.25, 0.3) is 11.6 Å². The molecule has 0 radical (unpaired) electrons. The predicted octanol–water partition coefficient (Wildman–Crippen LogP) is 2.47. The van der Waals surface area contributed by atoms with Crippen molar-refractivity contribution in [2.45, 2.75) is 13.8 Å². The van der Waals surface area contributed by atoms with Gasteiger partial charge in [-0.3, -0.25) is 9.63 Å². The Bertz CT molecular complexity index is 777. The summed E-state index contributed by atoms with van der Waals surface area (Å²) in [6, 6.07) is 5.12. The van der Waals surface area contributed by atoms with Crippen molar-refractivity contribution in [2.75, 3.05) is 6.61 Å². The summed E-state index contributed by atoms with van der Waals surface area (Å²) in [5.74, 6) is 0.153. The standard InChI is InChI=1S/C14H13N3O4/c1-3-20-17-13(18)9-7-10(11-5-4-6-19-11)15-14-12(9)8(2)16-21-14/h4-7H,3H2,1-2H3,(H,17,18). The van der Waals surface area contributed by atoms with Gasteiger partial charge in [-0.25, -0.2) is 10.5 Å². The third kappa shape index (κ3) is 2.38. The average molecular weight is 287 g/mol. The summed E-state index contributed by atoms with van der Waals surface area (Å²) in [4.78, 5) is 21.5. The van der Waals surface area contributed by atoms with E-state index in [1.54, 1.807) is 32.0 Å². The highest BCUT2D eigenvalue weighted by Crippen LogP contribution is 2.27.